The van der Waals surface area contributed by atoms with Crippen LogP contribution in [0.5, 0.6) is 0 Å². The number of carbonyl (C=O) groups excluding carboxylic acids is 3. The molecule has 0 radical (unpaired) electrons. The van der Waals surface area contributed by atoms with Gasteiger partial charge in [-0.2, -0.15) is 4.31 Å². The maximum Gasteiger partial charge on any atom is 0.244 e. The number of likely N-dealkylation sites (N-methyl/N-ethyl adjacent to an activating group) is 1. The van der Waals surface area contributed by atoms with Crippen LogP contribution in [-0.4, -0.2) is 89.0 Å². The van der Waals surface area contributed by atoms with Crippen LogP contribution in [0.3, 0.4) is 0 Å². The molecule has 3 amide bonds. The van der Waals surface area contributed by atoms with Crippen LogP contribution in [0, 0.1) is 0 Å². The lowest BCUT2D eigenvalue weighted by Gasteiger charge is -2.30. The van der Waals surface area contributed by atoms with Crippen molar-refractivity contribution < 1.29 is 22.8 Å². The molecule has 0 spiro atoms. The van der Waals surface area contributed by atoms with E-state index in [1.165, 1.54) is 21.9 Å². The Bertz CT molecular complexity index is 1460. The molecule has 2 aromatic carbocycles. The molecular weight excluding hydrogens is 532 g/mol. The third kappa shape index (κ3) is 5.66. The maximum atomic E-state index is 13.7. The summed E-state index contributed by atoms with van der Waals surface area (Å²) >= 11 is 6.03. The Morgan fingerprint density at radius 3 is 2.63 bits per heavy atom. The van der Waals surface area contributed by atoms with Gasteiger partial charge in [0.15, 0.2) is 0 Å². The molecule has 3 N–H and O–H groups in total. The highest BCUT2D eigenvalue weighted by Crippen LogP contribution is 2.29. The van der Waals surface area contributed by atoms with Crippen molar-refractivity contribution in [3.05, 3.63) is 59.6 Å². The molecule has 202 valence electrons. The zero-order chi connectivity index (χ0) is 27.6. The van der Waals surface area contributed by atoms with E-state index < -0.39 is 40.5 Å². The lowest BCUT2D eigenvalue weighted by molar-refractivity contribution is -0.143. The summed E-state index contributed by atoms with van der Waals surface area (Å²) in [6, 6.07) is 7.53. The van der Waals surface area contributed by atoms with Gasteiger partial charge < -0.3 is 20.5 Å². The summed E-state index contributed by atoms with van der Waals surface area (Å²) in [6.07, 6.45) is 3.91. The van der Waals surface area contributed by atoms with Crippen LogP contribution in [-0.2, 0) is 30.8 Å². The minimum Gasteiger partial charge on any atom is -0.369 e. The molecule has 3 aromatic rings. The molecule has 0 saturated carbocycles. The highest BCUT2D eigenvalue weighted by molar-refractivity contribution is 7.89. The number of H-pyrrole nitrogens is 1. The van der Waals surface area contributed by atoms with Crippen molar-refractivity contribution in [3.8, 4) is 0 Å². The summed E-state index contributed by atoms with van der Waals surface area (Å²) in [6.45, 7) is 1.51. The number of sulfonamides is 1. The van der Waals surface area contributed by atoms with Gasteiger partial charge in [0.1, 0.15) is 12.1 Å². The van der Waals surface area contributed by atoms with Crippen LogP contribution in [0.2, 0.25) is 5.02 Å². The molecule has 2 atom stereocenters. The second-order valence-electron chi connectivity index (χ2n) is 9.27. The number of amides is 3. The van der Waals surface area contributed by atoms with Gasteiger partial charge in [-0.1, -0.05) is 23.7 Å². The molecule has 1 fully saturated rings. The summed E-state index contributed by atoms with van der Waals surface area (Å²) in [7, 11) is -2.64. The largest absolute Gasteiger partial charge is 0.369 e. The normalized spacial score (nSPS) is 16.8. The van der Waals surface area contributed by atoms with Crippen LogP contribution in [0.25, 0.3) is 10.8 Å². The van der Waals surface area contributed by atoms with Gasteiger partial charge in [0.05, 0.1) is 17.8 Å². The van der Waals surface area contributed by atoms with E-state index in [4.69, 9.17) is 17.3 Å². The van der Waals surface area contributed by atoms with Crippen molar-refractivity contribution in [1.29, 1.82) is 0 Å². The molecule has 13 heteroatoms. The predicted molar refractivity (Wildman–Crippen MR) is 142 cm³/mol. The van der Waals surface area contributed by atoms with Crippen molar-refractivity contribution in [2.45, 2.75) is 36.7 Å². The number of carbonyl (C=O) groups is 3. The number of primary amides is 1. The minimum absolute atomic E-state index is 0.0810. The molecule has 0 aliphatic carbocycles. The van der Waals surface area contributed by atoms with Crippen molar-refractivity contribution in [2.75, 3.05) is 26.7 Å². The van der Waals surface area contributed by atoms with Crippen molar-refractivity contribution in [3.63, 3.8) is 0 Å². The smallest absolute Gasteiger partial charge is 0.244 e. The third-order valence-electron chi connectivity index (χ3n) is 6.72. The van der Waals surface area contributed by atoms with Crippen LogP contribution in [0.1, 0.15) is 19.0 Å². The number of likely N-dealkylation sites (tertiary alicyclic amines) is 1. The number of halogens is 1. The number of hydrogen-bond donors (Lipinski definition) is 2. The molecular formula is C25H29ClN6O5S. The number of fused-ring (bicyclic) bond motifs is 1. The number of aromatic amines is 1. The average molecular weight is 561 g/mol. The Labute approximate surface area is 225 Å². The van der Waals surface area contributed by atoms with E-state index in [-0.39, 0.29) is 23.8 Å². The third-order valence-corrected chi connectivity index (χ3v) is 8.81. The Morgan fingerprint density at radius 2 is 1.95 bits per heavy atom. The number of nitrogens with zero attached hydrogens (tertiary/aromatic N) is 4. The fourth-order valence-electron chi connectivity index (χ4n) is 4.62. The van der Waals surface area contributed by atoms with Crippen LogP contribution in [0.15, 0.2) is 53.8 Å². The van der Waals surface area contributed by atoms with E-state index in [0.29, 0.717) is 23.4 Å². The number of imidazole rings is 1. The SMILES string of the molecule is C[C@@H](C(=O)N(C)CCc1cnc[nH]1)N1CC[C@H](N(CC(N)=O)S(=O)(=O)c2ccc3cc(Cl)ccc3c2)C1=O. The first-order chi connectivity index (χ1) is 18.0. The van der Waals surface area contributed by atoms with E-state index in [0.717, 1.165) is 15.4 Å². The van der Waals surface area contributed by atoms with Crippen molar-refractivity contribution >= 4 is 50.1 Å². The number of rotatable bonds is 10. The fraction of sp³-hybridized carbons (Fsp3) is 0.360. The van der Waals surface area contributed by atoms with E-state index in [9.17, 15) is 22.8 Å². The molecule has 1 aliphatic heterocycles. The lowest BCUT2D eigenvalue weighted by atomic mass is 10.1. The summed E-state index contributed by atoms with van der Waals surface area (Å²) in [5.41, 5.74) is 6.27. The van der Waals surface area contributed by atoms with Crippen molar-refractivity contribution in [1.82, 2.24) is 24.1 Å². The molecule has 0 bridgehead atoms. The first-order valence-electron chi connectivity index (χ1n) is 12.0. The number of nitrogens with one attached hydrogen (secondary N) is 1. The summed E-state index contributed by atoms with van der Waals surface area (Å²) in [4.78, 5) is 48.1. The minimum atomic E-state index is -4.29. The number of hydrogen-bond acceptors (Lipinski definition) is 6. The summed E-state index contributed by atoms with van der Waals surface area (Å²) in [5, 5.41) is 1.88. The standard InChI is InChI=1S/C25H29ClN6O5S/c1-16(24(34)30(2)9-7-20-13-28-15-29-20)31-10-8-22(25(31)35)32(14-23(27)33)38(36,37)21-6-4-17-11-19(26)5-3-18(17)12-21/h3-6,11-13,15-16,22H,7-10,14H2,1-2H3,(H2,27,33)(H,28,29)/t16-,22-/m0/s1. The van der Waals surface area contributed by atoms with Crippen LogP contribution in [0.4, 0.5) is 0 Å². The molecule has 1 saturated heterocycles. The molecule has 2 heterocycles. The Kier molecular flexibility index (Phi) is 8.05. The van der Waals surface area contributed by atoms with Crippen molar-refractivity contribution in [2.24, 2.45) is 5.73 Å². The van der Waals surface area contributed by atoms with Crippen LogP contribution < -0.4 is 5.73 Å². The number of nitrogens with two attached hydrogens (primary N) is 1. The first kappa shape index (κ1) is 27.6. The van der Waals surface area contributed by atoms with E-state index in [1.54, 1.807) is 50.8 Å². The summed E-state index contributed by atoms with van der Waals surface area (Å²) < 4.78 is 28.2. The zero-order valence-electron chi connectivity index (χ0n) is 21.0. The van der Waals surface area contributed by atoms with Gasteiger partial charge in [0.2, 0.25) is 27.7 Å². The summed E-state index contributed by atoms with van der Waals surface area (Å²) in [5.74, 6) is -1.73. The van der Waals surface area contributed by atoms with Gasteiger partial charge in [0, 0.05) is 43.5 Å². The Hall–Kier alpha value is -3.48. The molecule has 4 rings (SSSR count). The fourth-order valence-corrected chi connectivity index (χ4v) is 6.41. The van der Waals surface area contributed by atoms with Gasteiger partial charge in [0.25, 0.3) is 0 Å². The van der Waals surface area contributed by atoms with Gasteiger partial charge in [-0.15, -0.1) is 0 Å². The predicted octanol–water partition coefficient (Wildman–Crippen LogP) is 1.38. The van der Waals surface area contributed by atoms with Gasteiger partial charge in [-0.25, -0.2) is 13.4 Å². The van der Waals surface area contributed by atoms with Gasteiger partial charge >= 0.3 is 0 Å². The van der Waals surface area contributed by atoms with E-state index in [2.05, 4.69) is 9.97 Å². The molecule has 38 heavy (non-hydrogen) atoms. The number of benzene rings is 2. The lowest BCUT2D eigenvalue weighted by Crippen LogP contribution is -2.52. The van der Waals surface area contributed by atoms with Crippen LogP contribution >= 0.6 is 11.6 Å². The molecule has 1 aromatic heterocycles. The molecule has 1 aliphatic rings. The highest BCUT2D eigenvalue weighted by Gasteiger charge is 2.45. The Morgan fingerprint density at radius 1 is 1.24 bits per heavy atom. The monoisotopic (exact) mass is 560 g/mol. The van der Waals surface area contributed by atoms with Gasteiger partial charge in [-0.3, -0.25) is 14.4 Å². The Balaban J connectivity index is 1.54. The first-order valence-corrected chi connectivity index (χ1v) is 13.8. The number of aromatic nitrogens is 2. The van der Waals surface area contributed by atoms with Gasteiger partial charge in [-0.05, 0) is 48.4 Å². The van der Waals surface area contributed by atoms with E-state index >= 15 is 0 Å². The zero-order valence-corrected chi connectivity index (χ0v) is 22.6. The average Bonchev–Trinajstić information content (AvgIpc) is 3.54. The maximum absolute atomic E-state index is 13.7. The topological polar surface area (TPSA) is 150 Å². The molecule has 11 nitrogen and oxygen atoms in total. The van der Waals surface area contributed by atoms with E-state index in [1.807, 2.05) is 0 Å². The second-order valence-corrected chi connectivity index (χ2v) is 11.6. The highest BCUT2D eigenvalue weighted by atomic mass is 35.5. The quantitative estimate of drug-likeness (QED) is 0.382. The molecule has 0 unspecified atom stereocenters. The second kappa shape index (κ2) is 11.1.